The van der Waals surface area contributed by atoms with Crippen molar-refractivity contribution in [2.75, 3.05) is 24.8 Å². The van der Waals surface area contributed by atoms with Gasteiger partial charge >= 0.3 is 6.18 Å². The molecule has 2 aliphatic rings. The van der Waals surface area contributed by atoms with Crippen LogP contribution in [-0.4, -0.2) is 31.0 Å². The summed E-state index contributed by atoms with van der Waals surface area (Å²) in [5, 5.41) is 3.28. The smallest absolute Gasteiger partial charge is 0.420 e. The van der Waals surface area contributed by atoms with Gasteiger partial charge in [-0.2, -0.15) is 13.2 Å². The number of epoxide rings is 1. The maximum absolute atomic E-state index is 14.1. The van der Waals surface area contributed by atoms with Crippen molar-refractivity contribution in [3.05, 3.63) is 59.7 Å². The first-order valence-corrected chi connectivity index (χ1v) is 8.91. The lowest BCUT2D eigenvalue weighted by Gasteiger charge is -2.43. The molecule has 0 amide bonds. The molecular formula is C21H21F3N2O2. The molecule has 0 radical (unpaired) electrons. The number of ether oxygens (including phenoxy) is 2. The number of anilines is 2. The summed E-state index contributed by atoms with van der Waals surface area (Å²) in [7, 11) is 1.49. The summed E-state index contributed by atoms with van der Waals surface area (Å²) in [5.74, 6) is -0.533. The van der Waals surface area contributed by atoms with Crippen molar-refractivity contribution >= 4 is 17.5 Å². The zero-order chi connectivity index (χ0) is 20.2. The van der Waals surface area contributed by atoms with Gasteiger partial charge in [-0.25, -0.2) is 0 Å². The van der Waals surface area contributed by atoms with Crippen molar-refractivity contribution in [1.29, 1.82) is 0 Å². The van der Waals surface area contributed by atoms with E-state index < -0.39 is 23.2 Å². The Balaban J connectivity index is 1.85. The van der Waals surface area contributed by atoms with Crippen molar-refractivity contribution in [2.24, 2.45) is 0 Å². The topological polar surface area (TPSA) is 59.8 Å². The minimum Gasteiger partial charge on any atom is -0.497 e. The molecule has 3 unspecified atom stereocenters. The van der Waals surface area contributed by atoms with Crippen LogP contribution < -0.4 is 15.8 Å². The normalized spacial score (nSPS) is 26.9. The minimum absolute atomic E-state index is 0.382. The van der Waals surface area contributed by atoms with Crippen LogP contribution in [0.3, 0.4) is 0 Å². The third kappa shape index (κ3) is 2.81. The summed E-state index contributed by atoms with van der Waals surface area (Å²) < 4.78 is 52.6. The first kappa shape index (κ1) is 18.7. The van der Waals surface area contributed by atoms with Gasteiger partial charge in [-0.05, 0) is 36.8 Å². The predicted molar refractivity (Wildman–Crippen MR) is 102 cm³/mol. The summed E-state index contributed by atoms with van der Waals surface area (Å²) in [6, 6.07) is 12.0. The Bertz CT molecular complexity index is 937. The highest BCUT2D eigenvalue weighted by atomic mass is 19.4. The van der Waals surface area contributed by atoms with Crippen LogP contribution in [0.2, 0.25) is 0 Å². The molecule has 2 heterocycles. The highest BCUT2D eigenvalue weighted by molar-refractivity contribution is 5.81. The number of alkyl halides is 3. The van der Waals surface area contributed by atoms with E-state index in [-0.39, 0.29) is 6.61 Å². The van der Waals surface area contributed by atoms with E-state index >= 15 is 0 Å². The molecule has 7 heteroatoms. The van der Waals surface area contributed by atoms with Crippen LogP contribution in [0.5, 0.6) is 5.75 Å². The van der Waals surface area contributed by atoms with Gasteiger partial charge in [0.15, 0.2) is 5.60 Å². The van der Waals surface area contributed by atoms with Crippen LogP contribution in [0.25, 0.3) is 6.08 Å². The molecule has 2 aliphatic heterocycles. The van der Waals surface area contributed by atoms with Crippen LogP contribution in [0.4, 0.5) is 24.5 Å². The lowest BCUT2D eigenvalue weighted by Crippen LogP contribution is -2.52. The molecule has 3 atom stereocenters. The van der Waals surface area contributed by atoms with E-state index in [1.165, 1.54) is 7.11 Å². The van der Waals surface area contributed by atoms with Crippen LogP contribution in [-0.2, 0) is 4.74 Å². The molecule has 0 saturated carbocycles. The van der Waals surface area contributed by atoms with Crippen LogP contribution in [0, 0.1) is 0 Å². The molecule has 0 aromatic heterocycles. The molecular weight excluding hydrogens is 369 g/mol. The molecule has 0 bridgehead atoms. The number of methoxy groups -OCH3 is 1. The Kier molecular flexibility index (Phi) is 4.12. The zero-order valence-electron chi connectivity index (χ0n) is 15.5. The Morgan fingerprint density at radius 2 is 1.93 bits per heavy atom. The lowest BCUT2D eigenvalue weighted by atomic mass is 9.70. The Labute approximate surface area is 161 Å². The SMILES string of the molecule is COc1cccc(C(C2(C)C=Cc3c(N)cccc3N2)C2(C(F)(F)F)CO2)c1. The Morgan fingerprint density at radius 1 is 1.21 bits per heavy atom. The zero-order valence-corrected chi connectivity index (χ0v) is 15.5. The summed E-state index contributed by atoms with van der Waals surface area (Å²) >= 11 is 0. The van der Waals surface area contributed by atoms with Crippen LogP contribution >= 0.6 is 0 Å². The van der Waals surface area contributed by atoms with Gasteiger partial charge < -0.3 is 20.5 Å². The van der Waals surface area contributed by atoms with Gasteiger partial charge in [0.25, 0.3) is 0 Å². The number of nitrogen functional groups attached to an aromatic ring is 1. The van der Waals surface area contributed by atoms with Crippen molar-refractivity contribution in [2.45, 2.75) is 30.2 Å². The number of hydrogen-bond donors (Lipinski definition) is 2. The monoisotopic (exact) mass is 390 g/mol. The molecule has 28 heavy (non-hydrogen) atoms. The quantitative estimate of drug-likeness (QED) is 0.592. The van der Waals surface area contributed by atoms with Gasteiger partial charge in [0.05, 0.1) is 25.2 Å². The lowest BCUT2D eigenvalue weighted by molar-refractivity contribution is -0.193. The molecule has 148 valence electrons. The maximum Gasteiger partial charge on any atom is 0.420 e. The standard InChI is InChI=1S/C21H21F3N2O2/c1-19(10-9-15-16(25)7-4-8-17(15)26-19)18(20(12-28-20)21(22,23)24)13-5-3-6-14(11-13)27-2/h3-11,18,26H,12,25H2,1-2H3. The molecule has 0 spiro atoms. The second-order valence-electron chi connectivity index (χ2n) is 7.44. The van der Waals surface area contributed by atoms with Crippen LogP contribution in [0.15, 0.2) is 48.5 Å². The molecule has 0 aliphatic carbocycles. The average molecular weight is 390 g/mol. The number of nitrogens with one attached hydrogen (secondary N) is 1. The summed E-state index contributed by atoms with van der Waals surface area (Å²) in [4.78, 5) is 0. The first-order valence-electron chi connectivity index (χ1n) is 8.91. The van der Waals surface area contributed by atoms with E-state index in [4.69, 9.17) is 15.2 Å². The van der Waals surface area contributed by atoms with Crippen molar-refractivity contribution in [3.63, 3.8) is 0 Å². The number of halogens is 3. The highest BCUT2D eigenvalue weighted by Crippen LogP contribution is 2.58. The van der Waals surface area contributed by atoms with E-state index in [1.807, 2.05) is 6.07 Å². The first-order chi connectivity index (χ1) is 13.2. The molecule has 3 N–H and O–H groups in total. The number of nitrogens with two attached hydrogens (primary N) is 1. The molecule has 1 fully saturated rings. The van der Waals surface area contributed by atoms with Gasteiger partial charge in [-0.3, -0.25) is 0 Å². The van der Waals surface area contributed by atoms with Gasteiger partial charge in [-0.1, -0.05) is 30.4 Å². The fourth-order valence-corrected chi connectivity index (χ4v) is 4.13. The second kappa shape index (κ2) is 6.17. The summed E-state index contributed by atoms with van der Waals surface area (Å²) in [6.45, 7) is 1.36. The van der Waals surface area contributed by atoms with E-state index in [0.717, 1.165) is 5.56 Å². The van der Waals surface area contributed by atoms with E-state index in [2.05, 4.69) is 5.32 Å². The van der Waals surface area contributed by atoms with Gasteiger partial charge in [0.1, 0.15) is 5.75 Å². The highest BCUT2D eigenvalue weighted by Gasteiger charge is 2.73. The summed E-state index contributed by atoms with van der Waals surface area (Å²) in [5.41, 5.74) is 5.20. The van der Waals surface area contributed by atoms with Gasteiger partial charge in [0.2, 0.25) is 0 Å². The number of rotatable bonds is 4. The molecule has 2 aromatic rings. The third-order valence-electron chi connectivity index (χ3n) is 5.57. The Hall–Kier alpha value is -2.67. The molecule has 1 saturated heterocycles. The van der Waals surface area contributed by atoms with Crippen molar-refractivity contribution in [1.82, 2.24) is 0 Å². The average Bonchev–Trinajstić information content (AvgIpc) is 3.43. The predicted octanol–water partition coefficient (Wildman–Crippen LogP) is 4.59. The van der Waals surface area contributed by atoms with E-state index in [0.29, 0.717) is 22.7 Å². The fraction of sp³-hybridized carbons (Fsp3) is 0.333. The van der Waals surface area contributed by atoms with Crippen LogP contribution in [0.1, 0.15) is 24.0 Å². The van der Waals surface area contributed by atoms with E-state index in [1.54, 1.807) is 55.5 Å². The molecule has 2 aromatic carbocycles. The molecule has 4 nitrogen and oxygen atoms in total. The fourth-order valence-electron chi connectivity index (χ4n) is 4.13. The minimum atomic E-state index is -4.52. The van der Waals surface area contributed by atoms with Crippen molar-refractivity contribution in [3.8, 4) is 5.75 Å². The number of hydrogen-bond acceptors (Lipinski definition) is 4. The second-order valence-corrected chi connectivity index (χ2v) is 7.44. The largest absolute Gasteiger partial charge is 0.497 e. The molecule has 4 rings (SSSR count). The number of fused-ring (bicyclic) bond motifs is 1. The third-order valence-corrected chi connectivity index (χ3v) is 5.57. The van der Waals surface area contributed by atoms with Gasteiger partial charge in [-0.15, -0.1) is 0 Å². The van der Waals surface area contributed by atoms with E-state index in [9.17, 15) is 13.2 Å². The maximum atomic E-state index is 14.1. The van der Waals surface area contributed by atoms with Crippen molar-refractivity contribution < 1.29 is 22.6 Å². The number of benzene rings is 2. The summed E-state index contributed by atoms with van der Waals surface area (Å²) in [6.07, 6.45) is -0.999. The Morgan fingerprint density at radius 3 is 2.57 bits per heavy atom. The van der Waals surface area contributed by atoms with Gasteiger partial charge in [0, 0.05) is 16.9 Å².